The first-order valence-corrected chi connectivity index (χ1v) is 6.58. The molecule has 0 radical (unpaired) electrons. The second kappa shape index (κ2) is 5.42. The van der Waals surface area contributed by atoms with Gasteiger partial charge in [0, 0.05) is 12.1 Å². The van der Waals surface area contributed by atoms with Gasteiger partial charge in [0.1, 0.15) is 6.61 Å². The van der Waals surface area contributed by atoms with Crippen molar-refractivity contribution in [3.8, 4) is 0 Å². The van der Waals surface area contributed by atoms with Crippen molar-refractivity contribution in [3.05, 3.63) is 35.9 Å². The fraction of sp³-hybridized carbons (Fsp3) is 0.533. The van der Waals surface area contributed by atoms with Gasteiger partial charge in [0.25, 0.3) is 0 Å². The molecule has 18 heavy (non-hydrogen) atoms. The number of likely N-dealkylation sites (tertiary alicyclic amines) is 1. The minimum Gasteiger partial charge on any atom is -0.445 e. The molecular weight excluding hydrogens is 226 g/mol. The number of ether oxygens (including phenoxy) is 1. The Bertz CT molecular complexity index is 400. The first-order valence-electron chi connectivity index (χ1n) is 6.58. The third-order valence-corrected chi connectivity index (χ3v) is 3.58. The molecule has 0 saturated carbocycles. The predicted molar refractivity (Wildman–Crippen MR) is 71.3 cm³/mol. The van der Waals surface area contributed by atoms with E-state index in [1.54, 1.807) is 0 Å². The minimum absolute atomic E-state index is 0.0774. The molecule has 3 heteroatoms. The second-order valence-corrected chi connectivity index (χ2v) is 5.46. The topological polar surface area (TPSA) is 29.5 Å². The molecule has 1 aromatic rings. The number of amides is 1. The van der Waals surface area contributed by atoms with E-state index in [0.29, 0.717) is 6.61 Å². The fourth-order valence-corrected chi connectivity index (χ4v) is 2.40. The summed E-state index contributed by atoms with van der Waals surface area (Å²) in [5, 5.41) is 0. The van der Waals surface area contributed by atoms with Crippen LogP contribution in [0.2, 0.25) is 0 Å². The van der Waals surface area contributed by atoms with E-state index in [1.165, 1.54) is 6.42 Å². The maximum Gasteiger partial charge on any atom is 0.410 e. The zero-order valence-electron chi connectivity index (χ0n) is 11.2. The normalized spacial score (nSPS) is 18.4. The van der Waals surface area contributed by atoms with Crippen LogP contribution in [-0.4, -0.2) is 23.1 Å². The van der Waals surface area contributed by atoms with Gasteiger partial charge < -0.3 is 9.64 Å². The van der Waals surface area contributed by atoms with Gasteiger partial charge in [-0.3, -0.25) is 0 Å². The molecule has 1 aliphatic heterocycles. The molecule has 0 unspecified atom stereocenters. The van der Waals surface area contributed by atoms with Crippen molar-refractivity contribution in [1.29, 1.82) is 0 Å². The lowest BCUT2D eigenvalue weighted by Gasteiger charge is -2.41. The summed E-state index contributed by atoms with van der Waals surface area (Å²) in [5.41, 5.74) is 0.951. The molecular formula is C15H21NO2. The summed E-state index contributed by atoms with van der Waals surface area (Å²) in [6.45, 7) is 5.37. The SMILES string of the molecule is CC1(C)CCCCN1C(=O)OCc1ccccc1. The summed E-state index contributed by atoms with van der Waals surface area (Å²) >= 11 is 0. The lowest BCUT2D eigenvalue weighted by Crippen LogP contribution is -2.50. The molecule has 1 heterocycles. The van der Waals surface area contributed by atoms with Crippen LogP contribution in [0.5, 0.6) is 0 Å². The first kappa shape index (κ1) is 12.9. The third-order valence-electron chi connectivity index (χ3n) is 3.58. The molecule has 1 fully saturated rings. The molecule has 1 aromatic carbocycles. The summed E-state index contributed by atoms with van der Waals surface area (Å²) < 4.78 is 5.39. The van der Waals surface area contributed by atoms with Gasteiger partial charge in [0.2, 0.25) is 0 Å². The van der Waals surface area contributed by atoms with Crippen LogP contribution in [0.4, 0.5) is 4.79 Å². The first-order chi connectivity index (χ1) is 8.59. The number of piperidine rings is 1. The lowest BCUT2D eigenvalue weighted by atomic mass is 9.91. The van der Waals surface area contributed by atoms with Crippen LogP contribution in [0.15, 0.2) is 30.3 Å². The Morgan fingerprint density at radius 2 is 2.00 bits per heavy atom. The van der Waals surface area contributed by atoms with Crippen LogP contribution in [0.25, 0.3) is 0 Å². The van der Waals surface area contributed by atoms with Crippen LogP contribution in [0.3, 0.4) is 0 Å². The van der Waals surface area contributed by atoms with E-state index < -0.39 is 0 Å². The number of carbonyl (C=O) groups excluding carboxylic acids is 1. The number of rotatable bonds is 2. The van der Waals surface area contributed by atoms with Crippen molar-refractivity contribution in [1.82, 2.24) is 4.90 Å². The van der Waals surface area contributed by atoms with Crippen molar-refractivity contribution < 1.29 is 9.53 Å². The highest BCUT2D eigenvalue weighted by Gasteiger charge is 2.34. The number of hydrogen-bond donors (Lipinski definition) is 0. The molecule has 2 rings (SSSR count). The van der Waals surface area contributed by atoms with Crippen molar-refractivity contribution in [3.63, 3.8) is 0 Å². The Balaban J connectivity index is 1.91. The quantitative estimate of drug-likeness (QED) is 0.799. The molecule has 0 aliphatic carbocycles. The monoisotopic (exact) mass is 247 g/mol. The number of nitrogens with zero attached hydrogens (tertiary/aromatic N) is 1. The lowest BCUT2D eigenvalue weighted by molar-refractivity contribution is 0.0394. The summed E-state index contributed by atoms with van der Waals surface area (Å²) in [6.07, 6.45) is 3.12. The predicted octanol–water partition coefficient (Wildman–Crippen LogP) is 3.59. The van der Waals surface area contributed by atoms with Gasteiger partial charge in [-0.1, -0.05) is 30.3 Å². The van der Waals surface area contributed by atoms with Crippen molar-refractivity contribution >= 4 is 6.09 Å². The summed E-state index contributed by atoms with van der Waals surface area (Å²) in [4.78, 5) is 14.0. The van der Waals surface area contributed by atoms with E-state index in [1.807, 2.05) is 35.2 Å². The molecule has 1 amide bonds. The number of carbonyl (C=O) groups is 1. The van der Waals surface area contributed by atoms with Gasteiger partial charge in [-0.15, -0.1) is 0 Å². The molecule has 0 N–H and O–H groups in total. The zero-order valence-corrected chi connectivity index (χ0v) is 11.2. The third kappa shape index (κ3) is 3.03. The number of hydrogen-bond acceptors (Lipinski definition) is 2. The number of benzene rings is 1. The molecule has 1 saturated heterocycles. The fourth-order valence-electron chi connectivity index (χ4n) is 2.40. The molecule has 98 valence electrons. The molecule has 0 bridgehead atoms. The van der Waals surface area contributed by atoms with E-state index in [-0.39, 0.29) is 11.6 Å². The molecule has 0 spiro atoms. The van der Waals surface area contributed by atoms with Gasteiger partial charge in [0.05, 0.1) is 0 Å². The average molecular weight is 247 g/mol. The highest BCUT2D eigenvalue weighted by atomic mass is 16.6. The van der Waals surface area contributed by atoms with Gasteiger partial charge in [-0.25, -0.2) is 4.79 Å². The van der Waals surface area contributed by atoms with Crippen molar-refractivity contribution in [2.24, 2.45) is 0 Å². The highest BCUT2D eigenvalue weighted by Crippen LogP contribution is 2.27. The standard InChI is InChI=1S/C15H21NO2/c1-15(2)10-6-7-11-16(15)14(17)18-12-13-8-4-3-5-9-13/h3-5,8-9H,6-7,10-12H2,1-2H3. The Morgan fingerprint density at radius 1 is 1.28 bits per heavy atom. The van der Waals surface area contributed by atoms with Gasteiger partial charge in [-0.05, 0) is 38.7 Å². The Kier molecular flexibility index (Phi) is 3.90. The largest absolute Gasteiger partial charge is 0.445 e. The maximum absolute atomic E-state index is 12.1. The van der Waals surface area contributed by atoms with Crippen LogP contribution in [0, 0.1) is 0 Å². The average Bonchev–Trinajstić information content (AvgIpc) is 2.37. The summed E-state index contributed by atoms with van der Waals surface area (Å²) in [7, 11) is 0. The van der Waals surface area contributed by atoms with Crippen molar-refractivity contribution in [2.75, 3.05) is 6.54 Å². The van der Waals surface area contributed by atoms with Crippen molar-refractivity contribution in [2.45, 2.75) is 45.3 Å². The van der Waals surface area contributed by atoms with Gasteiger partial charge >= 0.3 is 6.09 Å². The molecule has 0 atom stereocenters. The molecule has 3 nitrogen and oxygen atoms in total. The van der Waals surface area contributed by atoms with Crippen LogP contribution < -0.4 is 0 Å². The minimum atomic E-state index is -0.191. The van der Waals surface area contributed by atoms with E-state index in [4.69, 9.17) is 4.74 Å². The van der Waals surface area contributed by atoms with Gasteiger partial charge in [-0.2, -0.15) is 0 Å². The Labute approximate surface area is 109 Å². The zero-order chi connectivity index (χ0) is 13.0. The Hall–Kier alpha value is -1.51. The molecule has 0 aromatic heterocycles. The van der Waals surface area contributed by atoms with Crippen LogP contribution in [0.1, 0.15) is 38.7 Å². The summed E-state index contributed by atoms with van der Waals surface area (Å²) in [6, 6.07) is 9.80. The highest BCUT2D eigenvalue weighted by molar-refractivity contribution is 5.68. The van der Waals surface area contributed by atoms with E-state index in [9.17, 15) is 4.79 Å². The maximum atomic E-state index is 12.1. The van der Waals surface area contributed by atoms with Crippen LogP contribution >= 0.6 is 0 Å². The Morgan fingerprint density at radius 3 is 2.67 bits per heavy atom. The van der Waals surface area contributed by atoms with E-state index in [0.717, 1.165) is 24.9 Å². The molecule has 1 aliphatic rings. The van der Waals surface area contributed by atoms with E-state index >= 15 is 0 Å². The van der Waals surface area contributed by atoms with Gasteiger partial charge in [0.15, 0.2) is 0 Å². The summed E-state index contributed by atoms with van der Waals surface area (Å²) in [5.74, 6) is 0. The second-order valence-electron chi connectivity index (χ2n) is 5.46. The smallest absolute Gasteiger partial charge is 0.410 e. The van der Waals surface area contributed by atoms with Crippen LogP contribution in [-0.2, 0) is 11.3 Å². The van der Waals surface area contributed by atoms with E-state index in [2.05, 4.69) is 13.8 Å².